The van der Waals surface area contributed by atoms with Gasteiger partial charge in [-0.3, -0.25) is 4.79 Å². The molecule has 4 fully saturated rings. The van der Waals surface area contributed by atoms with Crippen LogP contribution in [0, 0.1) is 58.7 Å². The van der Waals surface area contributed by atoms with E-state index in [1.165, 1.54) is 45.6 Å². The molecular formula is C49H65N5O5. The molecule has 0 aliphatic heterocycles. The van der Waals surface area contributed by atoms with Crippen molar-refractivity contribution in [2.24, 2.45) is 46.3 Å². The van der Waals surface area contributed by atoms with Gasteiger partial charge in [0.1, 0.15) is 11.3 Å². The number of hydrogen-bond donors (Lipinski definition) is 2. The second kappa shape index (κ2) is 15.6. The number of nitrogens with zero attached hydrogens (tertiary/aromatic N) is 4. The van der Waals surface area contributed by atoms with Gasteiger partial charge in [0.15, 0.2) is 0 Å². The van der Waals surface area contributed by atoms with Gasteiger partial charge in [-0.2, -0.15) is 0 Å². The summed E-state index contributed by atoms with van der Waals surface area (Å²) in [6.45, 7) is 14.4. The zero-order chi connectivity index (χ0) is 41.9. The number of methoxy groups -OCH3 is 1. The van der Waals surface area contributed by atoms with E-state index >= 15 is 0 Å². The molecule has 10 heteroatoms. The lowest BCUT2D eigenvalue weighted by molar-refractivity contribution is -0.156. The first-order chi connectivity index (χ1) is 28.0. The summed E-state index contributed by atoms with van der Waals surface area (Å²) in [4.78, 5) is 24.4. The highest BCUT2D eigenvalue weighted by atomic mass is 16.6. The Balaban J connectivity index is 0.955. The number of aromatic nitrogens is 4. The number of amides is 1. The molecule has 2 heterocycles. The van der Waals surface area contributed by atoms with E-state index in [2.05, 4.69) is 71.2 Å². The van der Waals surface area contributed by atoms with Crippen LogP contribution < -0.4 is 5.32 Å². The van der Waals surface area contributed by atoms with Crippen molar-refractivity contribution in [2.75, 3.05) is 13.7 Å². The Kier molecular flexibility index (Phi) is 10.9. The van der Waals surface area contributed by atoms with E-state index in [9.17, 15) is 14.7 Å². The summed E-state index contributed by atoms with van der Waals surface area (Å²) in [5, 5.41) is 26.5. The Morgan fingerprint density at radius 3 is 2.49 bits per heavy atom. The minimum Gasteiger partial charge on any atom is -0.469 e. The lowest BCUT2D eigenvalue weighted by Crippen LogP contribution is -2.56. The molecule has 2 aromatic carbocycles. The van der Waals surface area contributed by atoms with Gasteiger partial charge in [-0.05, 0) is 150 Å². The molecule has 5 unspecified atom stereocenters. The Morgan fingerprint density at radius 2 is 1.75 bits per heavy atom. The van der Waals surface area contributed by atoms with E-state index in [0.717, 1.165) is 76.1 Å². The van der Waals surface area contributed by atoms with Crippen molar-refractivity contribution in [1.29, 1.82) is 0 Å². The van der Waals surface area contributed by atoms with Gasteiger partial charge >= 0.3 is 12.1 Å². The third kappa shape index (κ3) is 7.77. The summed E-state index contributed by atoms with van der Waals surface area (Å²) in [6, 6.07) is 12.4. The van der Waals surface area contributed by atoms with Crippen molar-refractivity contribution in [3.05, 3.63) is 48.2 Å². The standard InChI is InChI=1S/C49H65N5O5/c1-9-32-11-14-35-36-15-12-33(27-43(36)54(42(35)26-32)25-24-50-45(56)59-46(3,4)5)41-29-53(52-51-41)30-49(57)23-22-47(6)34(28-49)13-16-37-39-18-17-38(31(2)10-19-44(55)58-8)48(39,7)21-20-40(37)47/h1,11-12,14-15,26-27,29,31,34,37-40,57H,10,13,16-25,28,30H2,2-8H3,(H,50,56)/t31-,34?,37+,38?,39+,40?,47?,48?,49+/m1/s1. The number of ether oxygens (including phenoxy) is 2. The third-order valence-electron chi connectivity index (χ3n) is 15.9. The number of nitrogens with one attached hydrogen (secondary N) is 1. The van der Waals surface area contributed by atoms with Crippen LogP contribution in [-0.2, 0) is 27.4 Å². The van der Waals surface area contributed by atoms with E-state index in [4.69, 9.17) is 15.9 Å². The van der Waals surface area contributed by atoms with Gasteiger partial charge in [0.2, 0.25) is 0 Å². The van der Waals surface area contributed by atoms with E-state index in [1.54, 1.807) is 0 Å². The van der Waals surface area contributed by atoms with Crippen LogP contribution in [0.1, 0.15) is 118 Å². The zero-order valence-electron chi connectivity index (χ0n) is 36.4. The van der Waals surface area contributed by atoms with E-state index in [0.29, 0.717) is 55.1 Å². The summed E-state index contributed by atoms with van der Waals surface area (Å²) in [5.74, 6) is 6.61. The predicted molar refractivity (Wildman–Crippen MR) is 231 cm³/mol. The van der Waals surface area contributed by atoms with Gasteiger partial charge in [-0.25, -0.2) is 9.48 Å². The molecule has 2 aromatic heterocycles. The first-order valence-corrected chi connectivity index (χ1v) is 22.2. The van der Waals surface area contributed by atoms with Crippen molar-refractivity contribution in [1.82, 2.24) is 24.9 Å². The van der Waals surface area contributed by atoms with Gasteiger partial charge in [-0.1, -0.05) is 50.1 Å². The molecule has 4 aliphatic rings. The van der Waals surface area contributed by atoms with Crippen LogP contribution in [0.4, 0.5) is 4.79 Å². The first-order valence-electron chi connectivity index (χ1n) is 22.2. The third-order valence-corrected chi connectivity index (χ3v) is 15.9. The molecule has 0 bridgehead atoms. The maximum Gasteiger partial charge on any atom is 0.407 e. The molecule has 9 atom stereocenters. The minimum atomic E-state index is -0.828. The van der Waals surface area contributed by atoms with Crippen LogP contribution in [0.15, 0.2) is 42.6 Å². The van der Waals surface area contributed by atoms with Gasteiger partial charge in [0.25, 0.3) is 0 Å². The van der Waals surface area contributed by atoms with Crippen LogP contribution in [-0.4, -0.2) is 61.6 Å². The van der Waals surface area contributed by atoms with Crippen molar-refractivity contribution in [3.63, 3.8) is 0 Å². The molecule has 8 rings (SSSR count). The van der Waals surface area contributed by atoms with Crippen LogP contribution in [0.25, 0.3) is 33.1 Å². The molecular weight excluding hydrogens is 739 g/mol. The highest BCUT2D eigenvalue weighted by Crippen LogP contribution is 2.69. The lowest BCUT2D eigenvalue weighted by atomic mass is 9.43. The fourth-order valence-electron chi connectivity index (χ4n) is 13.1. The topological polar surface area (TPSA) is 121 Å². The number of rotatable bonds is 10. The molecule has 4 saturated carbocycles. The number of benzene rings is 2. The second-order valence-corrected chi connectivity index (χ2v) is 20.4. The highest BCUT2D eigenvalue weighted by molar-refractivity contribution is 6.09. The Bertz CT molecular complexity index is 2260. The SMILES string of the molecule is C#Cc1ccc2c3ccc(-c4cn(C[C@]5(O)CCC6(C)C(CC[C@@H]7C6CCC6(C)C([C@H](C)CCC(=O)OC)CC[C@@H]76)C5)nn4)cc3n(CCNC(=O)OC(C)(C)C)c2c1. The summed E-state index contributed by atoms with van der Waals surface area (Å²) >= 11 is 0. The van der Waals surface area contributed by atoms with Crippen LogP contribution in [0.5, 0.6) is 0 Å². The number of aliphatic hydroxyl groups is 1. The smallest absolute Gasteiger partial charge is 0.407 e. The number of fused-ring (bicyclic) bond motifs is 8. The quantitative estimate of drug-likeness (QED) is 0.121. The van der Waals surface area contributed by atoms with Gasteiger partial charge < -0.3 is 24.5 Å². The minimum absolute atomic E-state index is 0.0881. The molecule has 4 aliphatic carbocycles. The lowest BCUT2D eigenvalue weighted by Gasteiger charge is -2.62. The number of esters is 1. The molecule has 0 radical (unpaired) electrons. The molecule has 0 spiro atoms. The number of hydrogen-bond acceptors (Lipinski definition) is 7. The van der Waals surface area contributed by atoms with Gasteiger partial charge in [0.05, 0.1) is 31.0 Å². The van der Waals surface area contributed by atoms with E-state index < -0.39 is 17.3 Å². The fraction of sp³-hybridized carbons (Fsp3) is 0.633. The van der Waals surface area contributed by atoms with Gasteiger partial charge in [-0.15, -0.1) is 11.5 Å². The van der Waals surface area contributed by atoms with Crippen molar-refractivity contribution in [2.45, 2.75) is 136 Å². The Morgan fingerprint density at radius 1 is 1.00 bits per heavy atom. The van der Waals surface area contributed by atoms with E-state index in [1.807, 2.05) is 43.8 Å². The van der Waals surface area contributed by atoms with Crippen LogP contribution in [0.3, 0.4) is 0 Å². The molecule has 59 heavy (non-hydrogen) atoms. The highest BCUT2D eigenvalue weighted by Gasteiger charge is 2.61. The number of terminal acetylenes is 1. The largest absolute Gasteiger partial charge is 0.469 e. The number of carbonyl (C=O) groups excluding carboxylic acids is 2. The van der Waals surface area contributed by atoms with E-state index in [-0.39, 0.29) is 11.4 Å². The molecule has 2 N–H and O–H groups in total. The molecule has 0 saturated heterocycles. The molecule has 10 nitrogen and oxygen atoms in total. The second-order valence-electron chi connectivity index (χ2n) is 20.4. The van der Waals surface area contributed by atoms with Gasteiger partial charge in [0, 0.05) is 46.9 Å². The van der Waals surface area contributed by atoms with Crippen LogP contribution in [0.2, 0.25) is 0 Å². The monoisotopic (exact) mass is 803 g/mol. The number of carbonyl (C=O) groups is 2. The number of alkyl carbamates (subject to hydrolysis) is 1. The summed E-state index contributed by atoms with van der Waals surface area (Å²) < 4.78 is 14.5. The molecule has 4 aromatic rings. The Hall–Kier alpha value is -4.36. The maximum absolute atomic E-state index is 12.5. The average molecular weight is 804 g/mol. The molecule has 316 valence electrons. The summed E-state index contributed by atoms with van der Waals surface area (Å²) in [6.07, 6.45) is 19.0. The molecule has 1 amide bonds. The summed E-state index contributed by atoms with van der Waals surface area (Å²) in [7, 11) is 1.49. The zero-order valence-corrected chi connectivity index (χ0v) is 36.4. The summed E-state index contributed by atoms with van der Waals surface area (Å²) in [5.41, 5.74) is 3.68. The fourth-order valence-corrected chi connectivity index (χ4v) is 13.1. The van der Waals surface area contributed by atoms with Crippen molar-refractivity contribution < 1.29 is 24.2 Å². The first kappa shape index (κ1) is 41.4. The van der Waals surface area contributed by atoms with Crippen molar-refractivity contribution >= 4 is 33.9 Å². The Labute approximate surface area is 350 Å². The van der Waals surface area contributed by atoms with Crippen LogP contribution >= 0.6 is 0 Å². The maximum atomic E-state index is 12.5. The normalized spacial score (nSPS) is 30.9. The van der Waals surface area contributed by atoms with Crippen molar-refractivity contribution in [3.8, 4) is 23.6 Å². The average Bonchev–Trinajstić information content (AvgIpc) is 3.89. The predicted octanol–water partition coefficient (Wildman–Crippen LogP) is 9.54.